The quantitative estimate of drug-likeness (QED) is 0.284. The number of aryl methyl sites for hydroxylation is 1. The van der Waals surface area contributed by atoms with Gasteiger partial charge in [0, 0.05) is 37.1 Å². The lowest BCUT2D eigenvalue weighted by Gasteiger charge is -2.46. The highest BCUT2D eigenvalue weighted by Gasteiger charge is 2.46. The summed E-state index contributed by atoms with van der Waals surface area (Å²) in [6.07, 6.45) is 5.60. The van der Waals surface area contributed by atoms with Crippen LogP contribution in [0.4, 0.5) is 14.5 Å². The Hall–Kier alpha value is -3.25. The number of benzene rings is 2. The van der Waals surface area contributed by atoms with Gasteiger partial charge in [-0.1, -0.05) is 35.9 Å². The number of hydrogen-bond donors (Lipinski definition) is 2. The Labute approximate surface area is 290 Å². The zero-order valence-electron chi connectivity index (χ0n) is 27.8. The summed E-state index contributed by atoms with van der Waals surface area (Å²) < 4.78 is 43.2. The van der Waals surface area contributed by atoms with E-state index in [1.54, 1.807) is 25.2 Å². The van der Waals surface area contributed by atoms with Crippen molar-refractivity contribution >= 4 is 29.2 Å². The van der Waals surface area contributed by atoms with Crippen LogP contribution < -0.4 is 9.64 Å². The van der Waals surface area contributed by atoms with E-state index in [-0.39, 0.29) is 42.1 Å². The van der Waals surface area contributed by atoms with Gasteiger partial charge in [0.05, 0.1) is 38.0 Å². The van der Waals surface area contributed by atoms with Crippen molar-refractivity contribution in [3.63, 3.8) is 0 Å². The standard InChI is InChI=1S/C37H45ClF2N2O7/c1-41-14-3-2-6-31(48-16-15-47-21-33(39)40)28-10-7-25(28)20-42-22-36(13-4-5-24-17-27(38)9-11-29(24)36)23-49-32-12-8-26(18-30(32)42)37(46,35(44)45)19-34(41)43/h2,6,8-9,11-12,17-18,25,28,31,33,46H,3-5,7,10,13-16,19-23H2,1H3,(H,44,45)/b6-2+/t25-,28+,31-,36-,37+/m0/s1. The number of amides is 1. The van der Waals surface area contributed by atoms with E-state index in [0.29, 0.717) is 49.1 Å². The molecule has 12 heteroatoms. The summed E-state index contributed by atoms with van der Waals surface area (Å²) in [5.41, 5.74) is 0.362. The minimum atomic E-state index is -2.54. The molecule has 9 nitrogen and oxygen atoms in total. The highest BCUT2D eigenvalue weighted by atomic mass is 35.5. The number of carbonyl (C=O) groups excluding carboxylic acids is 1. The number of carboxylic acids is 1. The topological polar surface area (TPSA) is 109 Å². The number of rotatable bonds is 7. The van der Waals surface area contributed by atoms with E-state index in [1.165, 1.54) is 16.0 Å². The van der Waals surface area contributed by atoms with Crippen LogP contribution in [-0.2, 0) is 36.5 Å². The van der Waals surface area contributed by atoms with Crippen molar-refractivity contribution in [2.24, 2.45) is 11.8 Å². The molecule has 6 rings (SSSR count). The maximum Gasteiger partial charge on any atom is 0.340 e. The molecule has 266 valence electrons. The molecule has 1 saturated carbocycles. The lowest BCUT2D eigenvalue weighted by molar-refractivity contribution is -0.164. The molecule has 0 unspecified atom stereocenters. The number of aliphatic carboxylic acids is 1. The second-order valence-corrected chi connectivity index (χ2v) is 14.4. The Morgan fingerprint density at radius 1 is 1.18 bits per heavy atom. The molecule has 2 aliphatic heterocycles. The van der Waals surface area contributed by atoms with Gasteiger partial charge < -0.3 is 34.2 Å². The molecule has 1 fully saturated rings. The summed E-state index contributed by atoms with van der Waals surface area (Å²) >= 11 is 6.42. The Morgan fingerprint density at radius 3 is 2.78 bits per heavy atom. The van der Waals surface area contributed by atoms with Crippen LogP contribution in [0.2, 0.25) is 5.02 Å². The van der Waals surface area contributed by atoms with Gasteiger partial charge in [-0.2, -0.15) is 0 Å². The number of hydrogen-bond acceptors (Lipinski definition) is 7. The Morgan fingerprint density at radius 2 is 2.02 bits per heavy atom. The van der Waals surface area contributed by atoms with E-state index >= 15 is 0 Å². The number of nitrogens with zero attached hydrogens (tertiary/aromatic N) is 2. The molecule has 2 bridgehead atoms. The van der Waals surface area contributed by atoms with Gasteiger partial charge in [-0.3, -0.25) is 4.79 Å². The number of aliphatic hydroxyl groups is 1. The van der Waals surface area contributed by atoms with Crippen LogP contribution in [-0.4, -0.2) is 92.6 Å². The van der Waals surface area contributed by atoms with Gasteiger partial charge >= 0.3 is 5.97 Å². The molecule has 2 heterocycles. The molecule has 0 saturated heterocycles. The number of carboxylic acid groups (broad SMARTS) is 1. The molecule has 2 N–H and O–H groups in total. The van der Waals surface area contributed by atoms with Crippen molar-refractivity contribution in [1.82, 2.24) is 4.90 Å². The normalized spacial score (nSPS) is 29.4. The first-order chi connectivity index (χ1) is 23.5. The van der Waals surface area contributed by atoms with Gasteiger partial charge in [0.15, 0.2) is 5.60 Å². The van der Waals surface area contributed by atoms with E-state index in [2.05, 4.69) is 11.0 Å². The highest BCUT2D eigenvalue weighted by molar-refractivity contribution is 6.30. The van der Waals surface area contributed by atoms with Crippen molar-refractivity contribution in [2.45, 2.75) is 68.5 Å². The number of fused-ring (bicyclic) bond motifs is 4. The van der Waals surface area contributed by atoms with Crippen molar-refractivity contribution < 1.29 is 42.8 Å². The van der Waals surface area contributed by atoms with Crippen molar-refractivity contribution in [2.75, 3.05) is 58.0 Å². The summed E-state index contributed by atoms with van der Waals surface area (Å²) in [5, 5.41) is 22.6. The molecule has 2 aromatic carbocycles. The predicted molar refractivity (Wildman–Crippen MR) is 181 cm³/mol. The van der Waals surface area contributed by atoms with Gasteiger partial charge in [-0.25, -0.2) is 13.6 Å². The second-order valence-electron chi connectivity index (χ2n) is 14.0. The fraction of sp³-hybridized carbons (Fsp3) is 0.568. The van der Waals surface area contributed by atoms with Crippen LogP contribution in [0.25, 0.3) is 0 Å². The zero-order valence-corrected chi connectivity index (χ0v) is 28.5. The maximum atomic E-state index is 13.3. The third-order valence-electron chi connectivity index (χ3n) is 10.8. The SMILES string of the molecule is CN1CC/C=C/[C@H](OCCOCC(F)F)[C@@H]2CC[C@H]2CN2C[C@@]3(CCCc4cc(Cl)ccc43)COc3ccc(cc32)[C@@](O)(C(=O)O)CC1=O. The lowest BCUT2D eigenvalue weighted by atomic mass is 9.68. The van der Waals surface area contributed by atoms with Crippen LogP contribution in [0, 0.1) is 11.8 Å². The first kappa shape index (κ1) is 35.6. The van der Waals surface area contributed by atoms with Gasteiger partial charge in [0.25, 0.3) is 6.43 Å². The van der Waals surface area contributed by atoms with E-state index in [4.69, 9.17) is 25.8 Å². The molecule has 49 heavy (non-hydrogen) atoms. The van der Waals surface area contributed by atoms with Crippen LogP contribution in [0.5, 0.6) is 5.75 Å². The van der Waals surface area contributed by atoms with Gasteiger partial charge in [-0.15, -0.1) is 0 Å². The van der Waals surface area contributed by atoms with E-state index < -0.39 is 36.9 Å². The second kappa shape index (κ2) is 14.9. The Bertz CT molecular complexity index is 1560. The number of anilines is 1. The smallest absolute Gasteiger partial charge is 0.340 e. The highest BCUT2D eigenvalue weighted by Crippen LogP contribution is 2.47. The third kappa shape index (κ3) is 7.60. The lowest BCUT2D eigenvalue weighted by Crippen LogP contribution is -2.50. The zero-order chi connectivity index (χ0) is 34.8. The van der Waals surface area contributed by atoms with Crippen LogP contribution in [0.1, 0.15) is 55.2 Å². The fourth-order valence-electron chi connectivity index (χ4n) is 7.92. The summed E-state index contributed by atoms with van der Waals surface area (Å²) in [5.74, 6) is -1.08. The minimum Gasteiger partial charge on any atom is -0.490 e. The fourth-order valence-corrected chi connectivity index (χ4v) is 8.12. The molecule has 2 aromatic rings. The van der Waals surface area contributed by atoms with Crippen LogP contribution >= 0.6 is 11.6 Å². The molecular formula is C37H45ClF2N2O7. The van der Waals surface area contributed by atoms with Gasteiger partial charge in [0.1, 0.15) is 12.4 Å². The molecule has 4 aliphatic rings. The summed E-state index contributed by atoms with van der Waals surface area (Å²) in [7, 11) is 1.58. The van der Waals surface area contributed by atoms with Crippen molar-refractivity contribution in [3.8, 4) is 5.75 Å². The molecule has 1 spiro atoms. The average molecular weight is 703 g/mol. The Balaban J connectivity index is 1.38. The largest absolute Gasteiger partial charge is 0.490 e. The molecule has 0 aromatic heterocycles. The summed E-state index contributed by atoms with van der Waals surface area (Å²) in [4.78, 5) is 29.6. The number of alkyl halides is 2. The maximum absolute atomic E-state index is 13.3. The first-order valence-corrected chi connectivity index (χ1v) is 17.5. The molecule has 2 aliphatic carbocycles. The van der Waals surface area contributed by atoms with E-state index in [1.807, 2.05) is 24.3 Å². The molecule has 0 radical (unpaired) electrons. The van der Waals surface area contributed by atoms with Crippen molar-refractivity contribution in [1.29, 1.82) is 0 Å². The Kier molecular flexibility index (Phi) is 10.8. The van der Waals surface area contributed by atoms with E-state index in [0.717, 1.165) is 32.1 Å². The van der Waals surface area contributed by atoms with E-state index in [9.17, 15) is 28.6 Å². The molecular weight excluding hydrogens is 658 g/mol. The van der Waals surface area contributed by atoms with Crippen LogP contribution in [0.15, 0.2) is 48.6 Å². The van der Waals surface area contributed by atoms with Crippen LogP contribution in [0.3, 0.4) is 0 Å². The first-order valence-electron chi connectivity index (χ1n) is 17.1. The third-order valence-corrected chi connectivity index (χ3v) is 11.0. The monoisotopic (exact) mass is 702 g/mol. The predicted octanol–water partition coefficient (Wildman–Crippen LogP) is 5.59. The van der Waals surface area contributed by atoms with Gasteiger partial charge in [0.2, 0.25) is 5.91 Å². The number of halogens is 3. The minimum absolute atomic E-state index is 0.0569. The number of carbonyl (C=O) groups is 2. The molecule has 5 atom stereocenters. The number of ether oxygens (including phenoxy) is 3. The molecule has 1 amide bonds. The average Bonchev–Trinajstić information content (AvgIpc) is 3.20. The van der Waals surface area contributed by atoms with Gasteiger partial charge in [-0.05, 0) is 91.3 Å². The summed E-state index contributed by atoms with van der Waals surface area (Å²) in [6, 6.07) is 11.0. The van der Waals surface area contributed by atoms with Crippen molar-refractivity contribution in [3.05, 3.63) is 70.3 Å². The summed E-state index contributed by atoms with van der Waals surface area (Å²) in [6.45, 7) is 1.53.